The quantitative estimate of drug-likeness (QED) is 0.787. The molecular weight excluding hydrogens is 196 g/mol. The Morgan fingerprint density at radius 3 is 2.69 bits per heavy atom. The number of nitrogens with two attached hydrogens (primary N) is 1. The first-order valence-electron chi connectivity index (χ1n) is 6.18. The number of anilines is 1. The molecule has 0 amide bonds. The van der Waals surface area contributed by atoms with Crippen molar-refractivity contribution in [2.45, 2.75) is 32.7 Å². The van der Waals surface area contributed by atoms with Gasteiger partial charge in [0.1, 0.15) is 0 Å². The van der Waals surface area contributed by atoms with Crippen LogP contribution in [0.25, 0.3) is 0 Å². The summed E-state index contributed by atoms with van der Waals surface area (Å²) in [6.07, 6.45) is 4.27. The van der Waals surface area contributed by atoms with E-state index >= 15 is 0 Å². The van der Waals surface area contributed by atoms with Crippen LogP contribution in [-0.2, 0) is 6.54 Å². The van der Waals surface area contributed by atoms with Crippen molar-refractivity contribution >= 4 is 5.69 Å². The molecule has 2 N–H and O–H groups in total. The monoisotopic (exact) mass is 218 g/mol. The van der Waals surface area contributed by atoms with E-state index in [9.17, 15) is 0 Å². The molecule has 2 nitrogen and oxygen atoms in total. The predicted molar refractivity (Wildman–Crippen MR) is 69.3 cm³/mol. The second-order valence-electron chi connectivity index (χ2n) is 5.18. The third-order valence-corrected chi connectivity index (χ3v) is 3.58. The fourth-order valence-corrected chi connectivity index (χ4v) is 2.33. The van der Waals surface area contributed by atoms with Crippen LogP contribution in [0.3, 0.4) is 0 Å². The highest BCUT2D eigenvalue weighted by molar-refractivity contribution is 5.47. The smallest absolute Gasteiger partial charge is 0.0343 e. The Bertz CT molecular complexity index is 356. The van der Waals surface area contributed by atoms with Crippen molar-refractivity contribution in [3.8, 4) is 0 Å². The fourth-order valence-electron chi connectivity index (χ4n) is 2.33. The second-order valence-corrected chi connectivity index (χ2v) is 5.18. The van der Waals surface area contributed by atoms with E-state index in [0.717, 1.165) is 18.2 Å². The average molecular weight is 218 g/mol. The Balaban J connectivity index is 1.89. The molecule has 0 heterocycles. The maximum atomic E-state index is 5.82. The highest BCUT2D eigenvalue weighted by Crippen LogP contribution is 2.27. The largest absolute Gasteiger partial charge is 0.399 e. The molecule has 2 rings (SSSR count). The molecule has 16 heavy (non-hydrogen) atoms. The van der Waals surface area contributed by atoms with Crippen LogP contribution in [-0.4, -0.2) is 18.5 Å². The van der Waals surface area contributed by atoms with Gasteiger partial charge in [0.2, 0.25) is 0 Å². The van der Waals surface area contributed by atoms with Crippen LogP contribution in [0.2, 0.25) is 0 Å². The van der Waals surface area contributed by atoms with Crippen LogP contribution in [0.5, 0.6) is 0 Å². The normalized spacial score (nSPS) is 16.4. The number of aryl methyl sites for hydroxylation is 1. The van der Waals surface area contributed by atoms with Gasteiger partial charge in [0, 0.05) is 18.8 Å². The molecule has 0 aliphatic heterocycles. The van der Waals surface area contributed by atoms with E-state index in [1.54, 1.807) is 0 Å². The molecule has 1 saturated carbocycles. The molecule has 88 valence electrons. The molecular formula is C14H22N2. The zero-order valence-corrected chi connectivity index (χ0v) is 10.4. The summed E-state index contributed by atoms with van der Waals surface area (Å²) in [4.78, 5) is 2.43. The first-order valence-corrected chi connectivity index (χ1v) is 6.18. The van der Waals surface area contributed by atoms with Gasteiger partial charge in [-0.15, -0.1) is 0 Å². The lowest BCUT2D eigenvalue weighted by Gasteiger charge is -2.30. The summed E-state index contributed by atoms with van der Waals surface area (Å²) in [7, 11) is 2.21. The van der Waals surface area contributed by atoms with Crippen LogP contribution in [0.1, 0.15) is 30.4 Å². The third-order valence-electron chi connectivity index (χ3n) is 3.58. The number of rotatable bonds is 4. The topological polar surface area (TPSA) is 29.3 Å². The van der Waals surface area contributed by atoms with E-state index in [0.29, 0.717) is 0 Å². The van der Waals surface area contributed by atoms with Gasteiger partial charge in [-0.25, -0.2) is 0 Å². The van der Waals surface area contributed by atoms with Crippen LogP contribution >= 0.6 is 0 Å². The van der Waals surface area contributed by atoms with Gasteiger partial charge in [-0.1, -0.05) is 18.6 Å². The van der Waals surface area contributed by atoms with Crippen molar-refractivity contribution in [2.24, 2.45) is 5.92 Å². The first-order chi connectivity index (χ1) is 7.65. The molecule has 1 aromatic rings. The molecule has 1 aliphatic rings. The van der Waals surface area contributed by atoms with Gasteiger partial charge in [-0.05, 0) is 49.9 Å². The number of hydrogen-bond acceptors (Lipinski definition) is 2. The van der Waals surface area contributed by atoms with Crippen LogP contribution in [0, 0.1) is 12.8 Å². The van der Waals surface area contributed by atoms with Gasteiger partial charge < -0.3 is 10.6 Å². The molecule has 0 radical (unpaired) electrons. The van der Waals surface area contributed by atoms with Crippen LogP contribution < -0.4 is 5.73 Å². The van der Waals surface area contributed by atoms with Gasteiger partial charge in [-0.2, -0.15) is 0 Å². The van der Waals surface area contributed by atoms with E-state index in [1.807, 2.05) is 6.07 Å². The maximum Gasteiger partial charge on any atom is 0.0343 e. The highest BCUT2D eigenvalue weighted by atomic mass is 15.1. The predicted octanol–water partition coefficient (Wildman–Crippen LogP) is 2.81. The molecule has 2 heteroatoms. The van der Waals surface area contributed by atoms with Crippen LogP contribution in [0.15, 0.2) is 18.2 Å². The Morgan fingerprint density at radius 1 is 1.38 bits per heavy atom. The van der Waals surface area contributed by atoms with Gasteiger partial charge in [0.25, 0.3) is 0 Å². The Morgan fingerprint density at radius 2 is 2.12 bits per heavy atom. The lowest BCUT2D eigenvalue weighted by Crippen LogP contribution is -2.29. The SMILES string of the molecule is Cc1cc(CN(C)CC2CCC2)ccc1N. The summed E-state index contributed by atoms with van der Waals surface area (Å²) >= 11 is 0. The number of nitrogen functional groups attached to an aromatic ring is 1. The van der Waals surface area contributed by atoms with Gasteiger partial charge in [0.05, 0.1) is 0 Å². The van der Waals surface area contributed by atoms with Gasteiger partial charge in [0.15, 0.2) is 0 Å². The van der Waals surface area contributed by atoms with Gasteiger partial charge in [-0.3, -0.25) is 0 Å². The summed E-state index contributed by atoms with van der Waals surface area (Å²) < 4.78 is 0. The maximum absolute atomic E-state index is 5.82. The Kier molecular flexibility index (Phi) is 3.49. The first kappa shape index (κ1) is 11.5. The lowest BCUT2D eigenvalue weighted by atomic mass is 9.85. The van der Waals surface area contributed by atoms with Crippen molar-refractivity contribution in [1.29, 1.82) is 0 Å². The minimum absolute atomic E-state index is 0.894. The van der Waals surface area contributed by atoms with E-state index < -0.39 is 0 Å². The lowest BCUT2D eigenvalue weighted by molar-refractivity contribution is 0.200. The Labute approximate surface area is 98.4 Å². The average Bonchev–Trinajstić information content (AvgIpc) is 2.18. The minimum atomic E-state index is 0.894. The van der Waals surface area contributed by atoms with Crippen molar-refractivity contribution in [3.05, 3.63) is 29.3 Å². The number of hydrogen-bond donors (Lipinski definition) is 1. The minimum Gasteiger partial charge on any atom is -0.399 e. The molecule has 1 fully saturated rings. The van der Waals surface area contributed by atoms with Crippen molar-refractivity contribution in [2.75, 3.05) is 19.3 Å². The summed E-state index contributed by atoms with van der Waals surface area (Å²) in [6.45, 7) is 4.35. The van der Waals surface area contributed by atoms with E-state index in [4.69, 9.17) is 5.73 Å². The summed E-state index contributed by atoms with van der Waals surface area (Å²) in [5.41, 5.74) is 9.27. The highest BCUT2D eigenvalue weighted by Gasteiger charge is 2.18. The van der Waals surface area contributed by atoms with E-state index in [2.05, 4.69) is 31.0 Å². The summed E-state index contributed by atoms with van der Waals surface area (Å²) in [5, 5.41) is 0. The summed E-state index contributed by atoms with van der Waals surface area (Å²) in [5.74, 6) is 0.944. The third kappa shape index (κ3) is 2.76. The molecule has 0 atom stereocenters. The molecule has 0 saturated heterocycles. The molecule has 0 spiro atoms. The Hall–Kier alpha value is -1.02. The van der Waals surface area contributed by atoms with E-state index in [-0.39, 0.29) is 0 Å². The number of benzene rings is 1. The van der Waals surface area contributed by atoms with Crippen molar-refractivity contribution in [3.63, 3.8) is 0 Å². The standard InChI is InChI=1S/C14H22N2/c1-11-8-13(6-7-14(11)15)10-16(2)9-12-4-3-5-12/h6-8,12H,3-5,9-10,15H2,1-2H3. The van der Waals surface area contributed by atoms with Gasteiger partial charge >= 0.3 is 0 Å². The van der Waals surface area contributed by atoms with Crippen molar-refractivity contribution in [1.82, 2.24) is 4.90 Å². The molecule has 0 bridgehead atoms. The summed E-state index contributed by atoms with van der Waals surface area (Å²) in [6, 6.07) is 6.36. The molecule has 0 unspecified atom stereocenters. The molecule has 1 aliphatic carbocycles. The van der Waals surface area contributed by atoms with Crippen LogP contribution in [0.4, 0.5) is 5.69 Å². The molecule has 0 aromatic heterocycles. The zero-order valence-electron chi connectivity index (χ0n) is 10.4. The van der Waals surface area contributed by atoms with E-state index in [1.165, 1.54) is 36.9 Å². The molecule has 1 aromatic carbocycles. The second kappa shape index (κ2) is 4.88. The fraction of sp³-hybridized carbons (Fsp3) is 0.571. The zero-order chi connectivity index (χ0) is 11.5. The number of nitrogens with zero attached hydrogens (tertiary/aromatic N) is 1. The van der Waals surface area contributed by atoms with Crippen molar-refractivity contribution < 1.29 is 0 Å².